The number of benzene rings is 1. The Morgan fingerprint density at radius 2 is 2.12 bits per heavy atom. The number of rotatable bonds is 6. The maximum atomic E-state index is 12.5. The second kappa shape index (κ2) is 8.86. The molecule has 3 rings (SSSR count). The standard InChI is InChI=1S/C19H26N4OS2/c1-12-7-6-9-15(11-12)20-18-22-23-19(26-18)25-14(3)17(24)21-16-10-5-4-8-13(16)2/h6-7,9,11,13-14,16H,4-5,8,10H2,1-3H3,(H,20,22)(H,21,24). The lowest BCUT2D eigenvalue weighted by molar-refractivity contribution is -0.121. The van der Waals surface area contributed by atoms with Crippen LogP contribution in [-0.2, 0) is 4.79 Å². The van der Waals surface area contributed by atoms with Crippen LogP contribution in [0.5, 0.6) is 0 Å². The Labute approximate surface area is 163 Å². The van der Waals surface area contributed by atoms with Gasteiger partial charge in [0.05, 0.1) is 5.25 Å². The van der Waals surface area contributed by atoms with Crippen LogP contribution >= 0.6 is 23.1 Å². The predicted molar refractivity (Wildman–Crippen MR) is 109 cm³/mol. The summed E-state index contributed by atoms with van der Waals surface area (Å²) in [6.07, 6.45) is 4.78. The quantitative estimate of drug-likeness (QED) is 0.696. The van der Waals surface area contributed by atoms with E-state index >= 15 is 0 Å². The molecule has 3 atom stereocenters. The molecule has 2 aromatic rings. The Morgan fingerprint density at radius 1 is 1.31 bits per heavy atom. The molecule has 0 spiro atoms. The van der Waals surface area contributed by atoms with E-state index in [0.29, 0.717) is 12.0 Å². The fraction of sp³-hybridized carbons (Fsp3) is 0.526. The maximum absolute atomic E-state index is 12.5. The Kier molecular flexibility index (Phi) is 6.53. The molecule has 0 radical (unpaired) electrons. The molecule has 1 heterocycles. The Morgan fingerprint density at radius 3 is 2.88 bits per heavy atom. The number of carbonyl (C=O) groups is 1. The van der Waals surface area contributed by atoms with Crippen molar-refractivity contribution in [2.24, 2.45) is 5.92 Å². The molecule has 1 aromatic heterocycles. The Balaban J connectivity index is 1.53. The number of aromatic nitrogens is 2. The van der Waals surface area contributed by atoms with Crippen LogP contribution < -0.4 is 10.6 Å². The minimum atomic E-state index is -0.177. The molecule has 140 valence electrons. The second-order valence-corrected chi connectivity index (χ2v) is 9.57. The molecular formula is C19H26N4OS2. The van der Waals surface area contributed by atoms with Crippen LogP contribution in [0.15, 0.2) is 28.6 Å². The van der Waals surface area contributed by atoms with Crippen molar-refractivity contribution in [3.05, 3.63) is 29.8 Å². The van der Waals surface area contributed by atoms with Crippen LogP contribution in [0.2, 0.25) is 0 Å². The van der Waals surface area contributed by atoms with E-state index in [1.165, 1.54) is 47.9 Å². The molecule has 2 N–H and O–H groups in total. The number of thioether (sulfide) groups is 1. The lowest BCUT2D eigenvalue weighted by Crippen LogP contribution is -2.44. The van der Waals surface area contributed by atoms with Crippen LogP contribution in [0.1, 0.15) is 45.1 Å². The lowest BCUT2D eigenvalue weighted by atomic mass is 9.86. The zero-order valence-electron chi connectivity index (χ0n) is 15.5. The van der Waals surface area contributed by atoms with E-state index in [0.717, 1.165) is 21.6 Å². The van der Waals surface area contributed by atoms with E-state index < -0.39 is 0 Å². The molecule has 3 unspecified atom stereocenters. The third-order valence-corrected chi connectivity index (χ3v) is 6.78. The normalized spacial score (nSPS) is 21.2. The van der Waals surface area contributed by atoms with Crippen molar-refractivity contribution in [1.29, 1.82) is 0 Å². The topological polar surface area (TPSA) is 66.9 Å². The minimum absolute atomic E-state index is 0.0946. The highest BCUT2D eigenvalue weighted by atomic mass is 32.2. The van der Waals surface area contributed by atoms with Gasteiger partial charge in [-0.05, 0) is 50.3 Å². The van der Waals surface area contributed by atoms with Crippen LogP contribution in [0.25, 0.3) is 0 Å². The van der Waals surface area contributed by atoms with Crippen molar-refractivity contribution in [3.8, 4) is 0 Å². The summed E-state index contributed by atoms with van der Waals surface area (Å²) in [6.45, 7) is 6.22. The summed E-state index contributed by atoms with van der Waals surface area (Å²) >= 11 is 2.94. The van der Waals surface area contributed by atoms with Crippen LogP contribution in [0.4, 0.5) is 10.8 Å². The number of amides is 1. The zero-order valence-corrected chi connectivity index (χ0v) is 17.1. The lowest BCUT2D eigenvalue weighted by Gasteiger charge is -2.30. The highest BCUT2D eigenvalue weighted by Crippen LogP contribution is 2.31. The average Bonchev–Trinajstić information content (AvgIpc) is 3.03. The molecule has 7 heteroatoms. The summed E-state index contributed by atoms with van der Waals surface area (Å²) < 4.78 is 0.805. The summed E-state index contributed by atoms with van der Waals surface area (Å²) in [5.41, 5.74) is 2.19. The predicted octanol–water partition coefficient (Wildman–Crippen LogP) is 4.77. The molecule has 1 aliphatic rings. The van der Waals surface area contributed by atoms with Crippen molar-refractivity contribution in [2.75, 3.05) is 5.32 Å². The van der Waals surface area contributed by atoms with Gasteiger partial charge in [-0.3, -0.25) is 4.79 Å². The number of nitrogens with one attached hydrogen (secondary N) is 2. The first-order valence-electron chi connectivity index (χ1n) is 9.15. The van der Waals surface area contributed by atoms with Crippen molar-refractivity contribution in [3.63, 3.8) is 0 Å². The Hall–Kier alpha value is -1.60. The third kappa shape index (κ3) is 5.20. The molecule has 0 bridgehead atoms. The number of aryl methyl sites for hydroxylation is 1. The largest absolute Gasteiger partial charge is 0.352 e. The van der Waals surface area contributed by atoms with Gasteiger partial charge in [-0.15, -0.1) is 10.2 Å². The van der Waals surface area contributed by atoms with Crippen LogP contribution in [0.3, 0.4) is 0 Å². The summed E-state index contributed by atoms with van der Waals surface area (Å²) in [5, 5.41) is 15.5. The van der Waals surface area contributed by atoms with E-state index in [9.17, 15) is 4.79 Å². The first kappa shape index (κ1) is 19.2. The minimum Gasteiger partial charge on any atom is -0.352 e. The molecule has 26 heavy (non-hydrogen) atoms. The van der Waals surface area contributed by atoms with Crippen molar-refractivity contribution in [1.82, 2.24) is 15.5 Å². The van der Waals surface area contributed by atoms with E-state index in [-0.39, 0.29) is 11.2 Å². The highest BCUT2D eigenvalue weighted by molar-refractivity contribution is 8.02. The monoisotopic (exact) mass is 390 g/mol. The van der Waals surface area contributed by atoms with Gasteiger partial charge in [0.25, 0.3) is 0 Å². The molecular weight excluding hydrogens is 364 g/mol. The SMILES string of the molecule is Cc1cccc(Nc2nnc(SC(C)C(=O)NC3CCCCC3C)s2)c1. The van der Waals surface area contributed by atoms with Crippen molar-refractivity contribution >= 4 is 39.8 Å². The van der Waals surface area contributed by atoms with Gasteiger partial charge in [-0.25, -0.2) is 0 Å². The first-order chi connectivity index (χ1) is 12.5. The van der Waals surface area contributed by atoms with Gasteiger partial charge >= 0.3 is 0 Å². The molecule has 5 nitrogen and oxygen atoms in total. The van der Waals surface area contributed by atoms with Crippen LogP contribution in [0, 0.1) is 12.8 Å². The molecule has 0 aliphatic heterocycles. The number of hydrogen-bond acceptors (Lipinski definition) is 6. The smallest absolute Gasteiger partial charge is 0.233 e. The average molecular weight is 391 g/mol. The fourth-order valence-electron chi connectivity index (χ4n) is 3.19. The zero-order chi connectivity index (χ0) is 18.5. The van der Waals surface area contributed by atoms with Gasteiger partial charge in [0.1, 0.15) is 0 Å². The highest BCUT2D eigenvalue weighted by Gasteiger charge is 2.25. The maximum Gasteiger partial charge on any atom is 0.233 e. The second-order valence-electron chi connectivity index (χ2n) is 7.00. The van der Waals surface area contributed by atoms with Crippen molar-refractivity contribution < 1.29 is 4.79 Å². The summed E-state index contributed by atoms with van der Waals surface area (Å²) in [4.78, 5) is 12.5. The Bertz CT molecular complexity index is 749. The molecule has 1 saturated carbocycles. The van der Waals surface area contributed by atoms with Gasteiger partial charge in [-0.2, -0.15) is 0 Å². The van der Waals surface area contributed by atoms with E-state index in [1.807, 2.05) is 19.1 Å². The molecule has 1 aromatic carbocycles. The number of anilines is 2. The fourth-order valence-corrected chi connectivity index (χ4v) is 5.12. The van der Waals surface area contributed by atoms with Gasteiger partial charge < -0.3 is 10.6 Å². The van der Waals surface area contributed by atoms with E-state index in [4.69, 9.17) is 0 Å². The molecule has 1 fully saturated rings. The third-order valence-electron chi connectivity index (χ3n) is 4.76. The first-order valence-corrected chi connectivity index (χ1v) is 10.8. The van der Waals surface area contributed by atoms with E-state index in [1.54, 1.807) is 0 Å². The van der Waals surface area contributed by atoms with Gasteiger partial charge in [0.2, 0.25) is 11.0 Å². The summed E-state index contributed by atoms with van der Waals surface area (Å²) in [6, 6.07) is 8.44. The van der Waals surface area contributed by atoms with E-state index in [2.05, 4.69) is 46.8 Å². The van der Waals surface area contributed by atoms with Crippen LogP contribution in [-0.4, -0.2) is 27.4 Å². The van der Waals surface area contributed by atoms with Gasteiger partial charge in [0, 0.05) is 11.7 Å². The molecule has 1 aliphatic carbocycles. The van der Waals surface area contributed by atoms with Gasteiger partial charge in [-0.1, -0.05) is 55.0 Å². The molecule has 0 saturated heterocycles. The summed E-state index contributed by atoms with van der Waals surface area (Å²) in [7, 11) is 0. The number of carbonyl (C=O) groups excluding carboxylic acids is 1. The summed E-state index contributed by atoms with van der Waals surface area (Å²) in [5.74, 6) is 0.661. The van der Waals surface area contributed by atoms with Gasteiger partial charge in [0.15, 0.2) is 4.34 Å². The van der Waals surface area contributed by atoms with Crippen molar-refractivity contribution in [2.45, 2.75) is 62.1 Å². The number of nitrogens with zero attached hydrogens (tertiary/aromatic N) is 2. The number of hydrogen-bond donors (Lipinski definition) is 2. The molecule has 1 amide bonds.